The van der Waals surface area contributed by atoms with Crippen molar-refractivity contribution in [3.8, 4) is 5.69 Å². The summed E-state index contributed by atoms with van der Waals surface area (Å²) in [5.74, 6) is 0.241. The number of nitrogens with one attached hydrogen (secondary N) is 2. The van der Waals surface area contributed by atoms with E-state index in [1.807, 2.05) is 49.4 Å². The Morgan fingerprint density at radius 1 is 1.00 bits per heavy atom. The van der Waals surface area contributed by atoms with Crippen LogP contribution < -0.4 is 10.9 Å². The summed E-state index contributed by atoms with van der Waals surface area (Å²) in [5.41, 5.74) is 8.73. The summed E-state index contributed by atoms with van der Waals surface area (Å²) in [4.78, 5) is 20.8. The standard InChI is InChI=1S/C19H16N6O/c1-13-7-9-14(10-8-13)19(26)24-23-17-16-11-22-25(18(16)21-12-20-17)15-5-3-2-4-6-15/h2-12H,1H3,(H,24,26)(H,20,21,23). The molecule has 2 N–H and O–H groups in total. The number of fused-ring (bicyclic) bond motifs is 1. The molecule has 1 amide bonds. The number of anilines is 1. The molecule has 7 heteroatoms. The van der Waals surface area contributed by atoms with Crippen molar-refractivity contribution in [2.75, 3.05) is 5.43 Å². The highest BCUT2D eigenvalue weighted by Gasteiger charge is 2.12. The largest absolute Gasteiger partial charge is 0.281 e. The van der Waals surface area contributed by atoms with Crippen molar-refractivity contribution in [1.29, 1.82) is 0 Å². The minimum atomic E-state index is -0.243. The maximum Gasteiger partial charge on any atom is 0.269 e. The number of aromatic nitrogens is 4. The molecule has 2 heterocycles. The molecule has 7 nitrogen and oxygen atoms in total. The normalized spacial score (nSPS) is 10.7. The smallest absolute Gasteiger partial charge is 0.269 e. The van der Waals surface area contributed by atoms with Crippen LogP contribution in [-0.2, 0) is 0 Å². The van der Waals surface area contributed by atoms with Gasteiger partial charge < -0.3 is 0 Å². The number of hydrazine groups is 1. The molecule has 0 atom stereocenters. The summed E-state index contributed by atoms with van der Waals surface area (Å²) in [7, 11) is 0. The number of carbonyl (C=O) groups excluding carboxylic acids is 1. The minimum absolute atomic E-state index is 0.243. The molecule has 0 aliphatic heterocycles. The van der Waals surface area contributed by atoms with Gasteiger partial charge in [-0.05, 0) is 31.2 Å². The molecule has 26 heavy (non-hydrogen) atoms. The van der Waals surface area contributed by atoms with Crippen LogP contribution >= 0.6 is 0 Å². The fourth-order valence-electron chi connectivity index (χ4n) is 2.59. The molecule has 0 aliphatic carbocycles. The van der Waals surface area contributed by atoms with E-state index in [0.717, 1.165) is 11.3 Å². The van der Waals surface area contributed by atoms with Crippen molar-refractivity contribution in [3.05, 3.63) is 78.2 Å². The van der Waals surface area contributed by atoms with Gasteiger partial charge in [0.2, 0.25) is 0 Å². The van der Waals surface area contributed by atoms with E-state index in [-0.39, 0.29) is 5.91 Å². The van der Waals surface area contributed by atoms with Gasteiger partial charge >= 0.3 is 0 Å². The lowest BCUT2D eigenvalue weighted by atomic mass is 10.1. The summed E-state index contributed by atoms with van der Waals surface area (Å²) in [6.07, 6.45) is 3.10. The average Bonchev–Trinajstić information content (AvgIpc) is 3.12. The number of benzene rings is 2. The predicted octanol–water partition coefficient (Wildman–Crippen LogP) is 2.88. The zero-order valence-corrected chi connectivity index (χ0v) is 14.0. The molecule has 2 aromatic carbocycles. The van der Waals surface area contributed by atoms with E-state index in [1.54, 1.807) is 23.0 Å². The molecule has 0 aliphatic rings. The van der Waals surface area contributed by atoms with Gasteiger partial charge in [-0.25, -0.2) is 14.6 Å². The second-order valence-electron chi connectivity index (χ2n) is 5.80. The van der Waals surface area contributed by atoms with E-state index in [2.05, 4.69) is 25.9 Å². The lowest BCUT2D eigenvalue weighted by molar-refractivity contribution is 0.0962. The quantitative estimate of drug-likeness (QED) is 0.556. The van der Waals surface area contributed by atoms with Crippen molar-refractivity contribution in [2.45, 2.75) is 6.92 Å². The summed E-state index contributed by atoms with van der Waals surface area (Å²) in [6, 6.07) is 17.0. The molecule has 0 saturated heterocycles. The van der Waals surface area contributed by atoms with Crippen molar-refractivity contribution < 1.29 is 4.79 Å². The first-order valence-electron chi connectivity index (χ1n) is 8.09. The van der Waals surface area contributed by atoms with Gasteiger partial charge in [-0.2, -0.15) is 5.10 Å². The highest BCUT2D eigenvalue weighted by atomic mass is 16.2. The third-order valence-corrected chi connectivity index (χ3v) is 3.97. The molecular formula is C19H16N6O. The highest BCUT2D eigenvalue weighted by molar-refractivity contribution is 5.96. The molecular weight excluding hydrogens is 328 g/mol. The third kappa shape index (κ3) is 2.98. The Bertz CT molecular complexity index is 1060. The molecule has 0 saturated carbocycles. The topological polar surface area (TPSA) is 84.7 Å². The molecule has 2 aromatic heterocycles. The molecule has 0 bridgehead atoms. The van der Waals surface area contributed by atoms with Crippen molar-refractivity contribution >= 4 is 22.8 Å². The third-order valence-electron chi connectivity index (χ3n) is 3.97. The molecule has 0 fully saturated rings. The van der Waals surface area contributed by atoms with E-state index in [0.29, 0.717) is 22.4 Å². The van der Waals surface area contributed by atoms with Gasteiger partial charge in [-0.3, -0.25) is 15.6 Å². The highest BCUT2D eigenvalue weighted by Crippen LogP contribution is 2.20. The van der Waals surface area contributed by atoms with Crippen LogP contribution in [-0.4, -0.2) is 25.7 Å². The Labute approximate surface area is 149 Å². The zero-order chi connectivity index (χ0) is 17.9. The SMILES string of the molecule is Cc1ccc(C(=O)NNc2ncnc3c2cnn3-c2ccccc2)cc1. The van der Waals surface area contributed by atoms with Crippen LogP contribution in [0, 0.1) is 6.92 Å². The van der Waals surface area contributed by atoms with E-state index in [9.17, 15) is 4.79 Å². The zero-order valence-electron chi connectivity index (χ0n) is 14.0. The second-order valence-corrected chi connectivity index (χ2v) is 5.80. The van der Waals surface area contributed by atoms with E-state index in [4.69, 9.17) is 0 Å². The van der Waals surface area contributed by atoms with Crippen molar-refractivity contribution in [2.24, 2.45) is 0 Å². The number of aryl methyl sites for hydroxylation is 1. The summed E-state index contributed by atoms with van der Waals surface area (Å²) in [5, 5.41) is 5.09. The summed E-state index contributed by atoms with van der Waals surface area (Å²) >= 11 is 0. The van der Waals surface area contributed by atoms with E-state index < -0.39 is 0 Å². The van der Waals surface area contributed by atoms with Crippen LogP contribution in [0.1, 0.15) is 15.9 Å². The number of rotatable bonds is 4. The monoisotopic (exact) mass is 344 g/mol. The van der Waals surface area contributed by atoms with Crippen LogP contribution in [0.5, 0.6) is 0 Å². The van der Waals surface area contributed by atoms with Crippen LogP contribution in [0.3, 0.4) is 0 Å². The van der Waals surface area contributed by atoms with Gasteiger partial charge in [-0.1, -0.05) is 35.9 Å². The second kappa shape index (κ2) is 6.64. The van der Waals surface area contributed by atoms with E-state index in [1.165, 1.54) is 6.33 Å². The van der Waals surface area contributed by atoms with Gasteiger partial charge in [0.15, 0.2) is 11.5 Å². The fraction of sp³-hybridized carbons (Fsp3) is 0.0526. The molecule has 4 rings (SSSR count). The number of amides is 1. The molecule has 0 unspecified atom stereocenters. The number of hydrogen-bond acceptors (Lipinski definition) is 5. The maximum atomic E-state index is 12.3. The summed E-state index contributed by atoms with van der Waals surface area (Å²) in [6.45, 7) is 1.97. The van der Waals surface area contributed by atoms with Crippen LogP contribution in [0.25, 0.3) is 16.7 Å². The summed E-state index contributed by atoms with van der Waals surface area (Å²) < 4.78 is 1.73. The predicted molar refractivity (Wildman–Crippen MR) is 98.9 cm³/mol. The Balaban J connectivity index is 1.58. The van der Waals surface area contributed by atoms with E-state index >= 15 is 0 Å². The Kier molecular flexibility index (Phi) is 4.03. The average molecular weight is 344 g/mol. The minimum Gasteiger partial charge on any atom is -0.281 e. The van der Waals surface area contributed by atoms with Gasteiger partial charge in [0.05, 0.1) is 17.3 Å². The first-order valence-corrected chi connectivity index (χ1v) is 8.09. The first-order chi connectivity index (χ1) is 12.7. The fourth-order valence-corrected chi connectivity index (χ4v) is 2.59. The molecule has 4 aromatic rings. The van der Waals surface area contributed by atoms with Crippen LogP contribution in [0.15, 0.2) is 67.1 Å². The van der Waals surface area contributed by atoms with Crippen LogP contribution in [0.4, 0.5) is 5.82 Å². The molecule has 0 radical (unpaired) electrons. The molecule has 128 valence electrons. The number of hydrogen-bond donors (Lipinski definition) is 2. The van der Waals surface area contributed by atoms with Gasteiger partial charge in [-0.15, -0.1) is 0 Å². The lowest BCUT2D eigenvalue weighted by Gasteiger charge is -2.09. The number of nitrogens with zero attached hydrogens (tertiary/aromatic N) is 4. The number of carbonyl (C=O) groups is 1. The maximum absolute atomic E-state index is 12.3. The Morgan fingerprint density at radius 3 is 2.54 bits per heavy atom. The van der Waals surface area contributed by atoms with Crippen molar-refractivity contribution in [3.63, 3.8) is 0 Å². The molecule has 0 spiro atoms. The Morgan fingerprint density at radius 2 is 1.77 bits per heavy atom. The van der Waals surface area contributed by atoms with Gasteiger partial charge in [0, 0.05) is 5.56 Å². The lowest BCUT2D eigenvalue weighted by Crippen LogP contribution is -2.29. The van der Waals surface area contributed by atoms with Crippen molar-refractivity contribution in [1.82, 2.24) is 25.2 Å². The van der Waals surface area contributed by atoms with Crippen LogP contribution in [0.2, 0.25) is 0 Å². The Hall–Kier alpha value is -3.74. The number of para-hydroxylation sites is 1. The van der Waals surface area contributed by atoms with Gasteiger partial charge in [0.25, 0.3) is 5.91 Å². The first kappa shape index (κ1) is 15.8. The van der Waals surface area contributed by atoms with Gasteiger partial charge in [0.1, 0.15) is 6.33 Å².